The van der Waals surface area contributed by atoms with Gasteiger partial charge < -0.3 is 9.80 Å². The highest BCUT2D eigenvalue weighted by Gasteiger charge is 2.52. The molecule has 4 atom stereocenters. The van der Waals surface area contributed by atoms with Gasteiger partial charge in [-0.25, -0.2) is 0 Å². The van der Waals surface area contributed by atoms with Crippen LogP contribution in [0.2, 0.25) is 0 Å². The van der Waals surface area contributed by atoms with E-state index in [4.69, 9.17) is 0 Å². The first-order chi connectivity index (χ1) is 14.1. The summed E-state index contributed by atoms with van der Waals surface area (Å²) < 4.78 is 1.97. The number of amides is 2. The Hall–Kier alpha value is -2.15. The molecule has 3 saturated heterocycles. The molecule has 29 heavy (non-hydrogen) atoms. The van der Waals surface area contributed by atoms with Gasteiger partial charge in [0.15, 0.2) is 0 Å². The average Bonchev–Trinajstić information content (AvgIpc) is 3.40. The van der Waals surface area contributed by atoms with Crippen molar-refractivity contribution in [3.63, 3.8) is 0 Å². The van der Waals surface area contributed by atoms with Crippen molar-refractivity contribution in [3.05, 3.63) is 30.1 Å². The van der Waals surface area contributed by atoms with Crippen LogP contribution in [0.3, 0.4) is 0 Å². The highest BCUT2D eigenvalue weighted by molar-refractivity contribution is 5.89. The van der Waals surface area contributed by atoms with E-state index in [1.54, 1.807) is 0 Å². The summed E-state index contributed by atoms with van der Waals surface area (Å²) in [5.41, 5.74) is 1.23. The second kappa shape index (κ2) is 7.59. The quantitative estimate of drug-likeness (QED) is 0.723. The fourth-order valence-corrected chi connectivity index (χ4v) is 5.96. The topological polar surface area (TPSA) is 61.7 Å². The number of aryl methyl sites for hydroxylation is 1. The summed E-state index contributed by atoms with van der Waals surface area (Å²) in [7, 11) is 0. The molecule has 0 spiro atoms. The molecule has 0 unspecified atom stereocenters. The Morgan fingerprint density at radius 3 is 2.76 bits per heavy atom. The SMILES string of the molecule is CCn1cc(CN2C[C@H]3C[C@@H](C2)[C@H](C(=O)N2CC=CC2)N2C(=O)CCC[C@@H]32)cn1. The molecule has 5 rings (SSSR count). The Morgan fingerprint density at radius 2 is 2.00 bits per heavy atom. The van der Waals surface area contributed by atoms with Crippen LogP contribution in [0.5, 0.6) is 0 Å². The summed E-state index contributed by atoms with van der Waals surface area (Å²) in [6.07, 6.45) is 11.8. The van der Waals surface area contributed by atoms with Gasteiger partial charge in [-0.2, -0.15) is 5.10 Å². The number of carbonyl (C=O) groups excluding carboxylic acids is 2. The Morgan fingerprint density at radius 1 is 1.21 bits per heavy atom. The maximum Gasteiger partial charge on any atom is 0.246 e. The van der Waals surface area contributed by atoms with Crippen molar-refractivity contribution >= 4 is 11.8 Å². The number of rotatable bonds is 4. The van der Waals surface area contributed by atoms with Crippen LogP contribution in [0.4, 0.5) is 0 Å². The first kappa shape index (κ1) is 18.9. The first-order valence-corrected chi connectivity index (χ1v) is 11.1. The van der Waals surface area contributed by atoms with Crippen LogP contribution >= 0.6 is 0 Å². The number of carbonyl (C=O) groups is 2. The van der Waals surface area contributed by atoms with Crippen LogP contribution in [0.1, 0.15) is 38.2 Å². The number of aromatic nitrogens is 2. The fourth-order valence-electron chi connectivity index (χ4n) is 5.96. The van der Waals surface area contributed by atoms with Gasteiger partial charge in [0.25, 0.3) is 0 Å². The molecule has 7 nitrogen and oxygen atoms in total. The predicted octanol–water partition coefficient (Wildman–Crippen LogP) is 1.50. The van der Waals surface area contributed by atoms with Gasteiger partial charge in [-0.05, 0) is 32.1 Å². The maximum atomic E-state index is 13.5. The van der Waals surface area contributed by atoms with Gasteiger partial charge in [0, 0.05) is 69.4 Å². The van der Waals surface area contributed by atoms with Gasteiger partial charge in [-0.15, -0.1) is 0 Å². The van der Waals surface area contributed by atoms with Gasteiger partial charge in [-0.1, -0.05) is 12.2 Å². The van der Waals surface area contributed by atoms with E-state index in [0.29, 0.717) is 25.4 Å². The third-order valence-electron chi connectivity index (χ3n) is 7.22. The Bertz CT molecular complexity index is 810. The maximum absolute atomic E-state index is 13.5. The highest BCUT2D eigenvalue weighted by atomic mass is 16.2. The van der Waals surface area contributed by atoms with E-state index in [1.165, 1.54) is 5.56 Å². The molecule has 2 amide bonds. The number of hydrogen-bond acceptors (Lipinski definition) is 4. The minimum atomic E-state index is -0.287. The molecule has 7 heteroatoms. The monoisotopic (exact) mass is 397 g/mol. The van der Waals surface area contributed by atoms with E-state index in [-0.39, 0.29) is 29.8 Å². The summed E-state index contributed by atoms with van der Waals surface area (Å²) in [6.45, 7) is 7.09. The number of piperidine rings is 3. The van der Waals surface area contributed by atoms with Gasteiger partial charge >= 0.3 is 0 Å². The Balaban J connectivity index is 1.39. The minimum absolute atomic E-state index is 0.152. The van der Waals surface area contributed by atoms with E-state index in [9.17, 15) is 9.59 Å². The molecule has 3 fully saturated rings. The van der Waals surface area contributed by atoms with Crippen molar-refractivity contribution in [2.24, 2.45) is 11.8 Å². The van der Waals surface area contributed by atoms with Crippen molar-refractivity contribution in [2.75, 3.05) is 26.2 Å². The minimum Gasteiger partial charge on any atom is -0.333 e. The molecule has 1 aromatic rings. The molecular weight excluding hydrogens is 366 g/mol. The smallest absolute Gasteiger partial charge is 0.246 e. The summed E-state index contributed by atoms with van der Waals surface area (Å²) in [5, 5.41) is 4.41. The second-order valence-electron chi connectivity index (χ2n) is 9.07. The van der Waals surface area contributed by atoms with Gasteiger partial charge in [0.1, 0.15) is 6.04 Å². The molecule has 0 N–H and O–H groups in total. The summed E-state index contributed by atoms with van der Waals surface area (Å²) in [4.78, 5) is 32.8. The lowest BCUT2D eigenvalue weighted by atomic mass is 9.71. The number of nitrogens with zero attached hydrogens (tertiary/aromatic N) is 5. The third-order valence-corrected chi connectivity index (χ3v) is 7.22. The van der Waals surface area contributed by atoms with E-state index in [1.807, 2.05) is 20.7 Å². The molecule has 1 aromatic heterocycles. The summed E-state index contributed by atoms with van der Waals surface area (Å²) in [6, 6.07) is -0.0664. The lowest BCUT2D eigenvalue weighted by molar-refractivity contribution is -0.164. The molecule has 4 aliphatic rings. The predicted molar refractivity (Wildman–Crippen MR) is 109 cm³/mol. The zero-order valence-electron chi connectivity index (χ0n) is 17.2. The van der Waals surface area contributed by atoms with Crippen LogP contribution < -0.4 is 0 Å². The van der Waals surface area contributed by atoms with Gasteiger partial charge in [-0.3, -0.25) is 19.2 Å². The van der Waals surface area contributed by atoms with E-state index >= 15 is 0 Å². The van der Waals surface area contributed by atoms with Gasteiger partial charge in [0.2, 0.25) is 11.8 Å². The van der Waals surface area contributed by atoms with Gasteiger partial charge in [0.05, 0.1) is 6.20 Å². The number of likely N-dealkylation sites (tertiary alicyclic amines) is 1. The zero-order chi connectivity index (χ0) is 20.0. The summed E-state index contributed by atoms with van der Waals surface area (Å²) in [5.74, 6) is 1.04. The molecule has 0 saturated carbocycles. The molecule has 5 heterocycles. The molecule has 2 bridgehead atoms. The Labute approximate surface area is 172 Å². The van der Waals surface area contributed by atoms with E-state index in [2.05, 4.69) is 35.3 Å². The molecule has 0 aliphatic carbocycles. The molecule has 0 radical (unpaired) electrons. The molecular formula is C22H31N5O2. The lowest BCUT2D eigenvalue weighted by Gasteiger charge is -2.56. The second-order valence-corrected chi connectivity index (χ2v) is 9.07. The van der Waals surface area contributed by atoms with Crippen molar-refractivity contribution in [1.29, 1.82) is 0 Å². The van der Waals surface area contributed by atoms with Crippen LogP contribution in [0.15, 0.2) is 24.5 Å². The zero-order valence-corrected chi connectivity index (χ0v) is 17.2. The van der Waals surface area contributed by atoms with Crippen molar-refractivity contribution < 1.29 is 9.59 Å². The van der Waals surface area contributed by atoms with Crippen molar-refractivity contribution in [1.82, 2.24) is 24.5 Å². The average molecular weight is 398 g/mol. The van der Waals surface area contributed by atoms with Crippen LogP contribution in [0, 0.1) is 11.8 Å². The molecule has 156 valence electrons. The number of hydrogen-bond donors (Lipinski definition) is 0. The lowest BCUT2D eigenvalue weighted by Crippen LogP contribution is -2.68. The van der Waals surface area contributed by atoms with Crippen LogP contribution in [-0.4, -0.2) is 74.6 Å². The van der Waals surface area contributed by atoms with Crippen molar-refractivity contribution in [2.45, 2.75) is 57.8 Å². The normalized spacial score (nSPS) is 32.0. The standard InChI is InChI=1S/C22H31N5O2/c1-2-26-13-16(11-23-26)12-24-14-17-10-18(15-24)21(22(29)25-8-3-4-9-25)27-19(17)6-5-7-20(27)28/h3-4,11,13,17-19,21H,2,5-10,12,14-15H2,1H3/t17-,18+,19+,21-/m1/s1. The van der Waals surface area contributed by atoms with Crippen LogP contribution in [-0.2, 0) is 22.7 Å². The summed E-state index contributed by atoms with van der Waals surface area (Å²) >= 11 is 0. The third kappa shape index (κ3) is 3.39. The molecule has 4 aliphatic heterocycles. The fraction of sp³-hybridized carbons (Fsp3) is 0.682. The Kier molecular flexibility index (Phi) is 4.94. The van der Waals surface area contributed by atoms with E-state index < -0.39 is 0 Å². The first-order valence-electron chi connectivity index (χ1n) is 11.1. The van der Waals surface area contributed by atoms with Crippen molar-refractivity contribution in [3.8, 4) is 0 Å². The number of fused-ring (bicyclic) bond motifs is 4. The highest BCUT2D eigenvalue weighted by Crippen LogP contribution is 2.42. The van der Waals surface area contributed by atoms with Crippen LogP contribution in [0.25, 0.3) is 0 Å². The molecule has 0 aromatic carbocycles. The largest absolute Gasteiger partial charge is 0.333 e. The van der Waals surface area contributed by atoms with E-state index in [0.717, 1.165) is 45.4 Å².